The summed E-state index contributed by atoms with van der Waals surface area (Å²) >= 11 is 0. The summed E-state index contributed by atoms with van der Waals surface area (Å²) in [6, 6.07) is 13.7. The normalized spacial score (nSPS) is 18.6. The van der Waals surface area contributed by atoms with Gasteiger partial charge in [0.25, 0.3) is 5.91 Å². The predicted molar refractivity (Wildman–Crippen MR) is 124 cm³/mol. The molecule has 3 rings (SSSR count). The van der Waals surface area contributed by atoms with Crippen molar-refractivity contribution in [3.8, 4) is 0 Å². The lowest BCUT2D eigenvalue weighted by molar-refractivity contribution is -0.163. The number of esters is 1. The number of nitrogens with one attached hydrogen (secondary N) is 1. The molecule has 10 heteroatoms. The number of imide groups is 1. The van der Waals surface area contributed by atoms with Crippen LogP contribution in [0.15, 0.2) is 59.7 Å². The minimum absolute atomic E-state index is 0.159. The van der Waals surface area contributed by atoms with Crippen molar-refractivity contribution in [3.05, 3.63) is 71.3 Å². The smallest absolute Gasteiger partial charge is 0.344 e. The molecule has 3 N–H and O–H groups in total. The van der Waals surface area contributed by atoms with Crippen LogP contribution in [-0.4, -0.2) is 46.7 Å². The van der Waals surface area contributed by atoms with Crippen LogP contribution in [0.25, 0.3) is 0 Å². The second-order valence-electron chi connectivity index (χ2n) is 7.87. The molecule has 0 saturated carbocycles. The van der Waals surface area contributed by atoms with Crippen LogP contribution in [0.2, 0.25) is 0 Å². The molecule has 1 heterocycles. The SMILES string of the molecule is CCOC(=O)C[C@@H](c1ccccc1)N(C(C)=O)N1C(=O)N[C@](C)(c2ccc(C=NN)cc2)C1=O. The Hall–Kier alpha value is -4.21. The molecule has 178 valence electrons. The number of ether oxygens (including phenoxy) is 1. The molecule has 0 spiro atoms. The van der Waals surface area contributed by atoms with Crippen LogP contribution in [0, 0.1) is 0 Å². The lowest BCUT2D eigenvalue weighted by Crippen LogP contribution is -2.52. The zero-order valence-corrected chi connectivity index (χ0v) is 19.2. The van der Waals surface area contributed by atoms with Crippen molar-refractivity contribution in [1.29, 1.82) is 0 Å². The first-order valence-electron chi connectivity index (χ1n) is 10.7. The highest BCUT2D eigenvalue weighted by atomic mass is 16.5. The minimum Gasteiger partial charge on any atom is -0.466 e. The van der Waals surface area contributed by atoms with Gasteiger partial charge in [-0.2, -0.15) is 10.1 Å². The molecular weight excluding hydrogens is 438 g/mol. The van der Waals surface area contributed by atoms with Crippen LogP contribution >= 0.6 is 0 Å². The molecule has 10 nitrogen and oxygen atoms in total. The topological polar surface area (TPSA) is 134 Å². The molecule has 2 aromatic rings. The molecule has 2 aromatic carbocycles. The molecule has 0 radical (unpaired) electrons. The van der Waals surface area contributed by atoms with Gasteiger partial charge in [0.05, 0.1) is 25.3 Å². The van der Waals surface area contributed by atoms with Crippen LogP contribution in [0.1, 0.15) is 49.9 Å². The van der Waals surface area contributed by atoms with Crippen molar-refractivity contribution >= 4 is 30.0 Å². The maximum absolute atomic E-state index is 13.6. The minimum atomic E-state index is -1.44. The lowest BCUT2D eigenvalue weighted by Gasteiger charge is -2.36. The van der Waals surface area contributed by atoms with E-state index < -0.39 is 35.4 Å². The Morgan fingerprint density at radius 1 is 1.18 bits per heavy atom. The summed E-state index contributed by atoms with van der Waals surface area (Å²) in [5.74, 6) is 3.38. The number of carbonyl (C=O) groups excluding carboxylic acids is 4. The number of hydrogen-bond acceptors (Lipinski definition) is 7. The van der Waals surface area contributed by atoms with Gasteiger partial charge in [-0.25, -0.2) is 9.80 Å². The van der Waals surface area contributed by atoms with Crippen LogP contribution in [-0.2, 0) is 24.7 Å². The fourth-order valence-corrected chi connectivity index (χ4v) is 3.90. The van der Waals surface area contributed by atoms with Crippen LogP contribution < -0.4 is 11.2 Å². The molecule has 0 unspecified atom stereocenters. The highest BCUT2D eigenvalue weighted by Crippen LogP contribution is 2.34. The van der Waals surface area contributed by atoms with Crippen molar-refractivity contribution in [2.45, 2.75) is 38.8 Å². The molecule has 0 bridgehead atoms. The third-order valence-electron chi connectivity index (χ3n) is 5.56. The number of nitrogens with two attached hydrogens (primary N) is 1. The average Bonchev–Trinajstić information content (AvgIpc) is 3.04. The van der Waals surface area contributed by atoms with Gasteiger partial charge < -0.3 is 15.9 Å². The van der Waals surface area contributed by atoms with Gasteiger partial charge in [0.15, 0.2) is 0 Å². The highest BCUT2D eigenvalue weighted by molar-refractivity contribution is 6.08. The number of hydrazine groups is 1. The van der Waals surface area contributed by atoms with Gasteiger partial charge in [-0.05, 0) is 30.5 Å². The van der Waals surface area contributed by atoms with Crippen LogP contribution in [0.3, 0.4) is 0 Å². The summed E-state index contributed by atoms with van der Waals surface area (Å²) in [5, 5.41) is 7.94. The molecule has 1 aliphatic heterocycles. The molecule has 34 heavy (non-hydrogen) atoms. The maximum atomic E-state index is 13.6. The summed E-state index contributed by atoms with van der Waals surface area (Å²) in [6.07, 6.45) is 1.21. The fourth-order valence-electron chi connectivity index (χ4n) is 3.90. The number of benzene rings is 2. The fraction of sp³-hybridized carbons (Fsp3) is 0.292. The number of hydrogen-bond donors (Lipinski definition) is 2. The quantitative estimate of drug-likeness (QED) is 0.202. The summed E-state index contributed by atoms with van der Waals surface area (Å²) in [7, 11) is 0. The van der Waals surface area contributed by atoms with E-state index >= 15 is 0 Å². The van der Waals surface area contributed by atoms with E-state index in [0.29, 0.717) is 16.7 Å². The van der Waals surface area contributed by atoms with Gasteiger partial charge in [-0.1, -0.05) is 54.6 Å². The highest BCUT2D eigenvalue weighted by Gasteiger charge is 2.53. The number of rotatable bonds is 8. The first kappa shape index (κ1) is 24.4. The Morgan fingerprint density at radius 2 is 1.82 bits per heavy atom. The van der Waals surface area contributed by atoms with Crippen molar-refractivity contribution in [1.82, 2.24) is 15.3 Å². The Labute approximate surface area is 197 Å². The van der Waals surface area contributed by atoms with E-state index in [4.69, 9.17) is 10.6 Å². The Kier molecular flexibility index (Phi) is 7.30. The van der Waals surface area contributed by atoms with E-state index in [1.807, 2.05) is 0 Å². The van der Waals surface area contributed by atoms with Gasteiger partial charge in [0.1, 0.15) is 5.54 Å². The first-order chi connectivity index (χ1) is 16.2. The Bertz CT molecular complexity index is 1100. The molecule has 1 fully saturated rings. The summed E-state index contributed by atoms with van der Waals surface area (Å²) in [4.78, 5) is 51.9. The number of nitrogens with zero attached hydrogens (tertiary/aromatic N) is 3. The maximum Gasteiger partial charge on any atom is 0.344 e. The largest absolute Gasteiger partial charge is 0.466 e. The van der Waals surface area contributed by atoms with E-state index in [9.17, 15) is 19.2 Å². The molecular formula is C24H27N5O5. The van der Waals surface area contributed by atoms with E-state index in [0.717, 1.165) is 10.0 Å². The standard InChI is InChI=1S/C24H27N5O5/c1-4-34-21(31)14-20(18-8-6-5-7-9-18)28(16(2)30)29-22(32)24(3,27-23(29)33)19-12-10-17(11-13-19)15-26-25/h5-13,15,20H,4,14,25H2,1-3H3,(H,27,33)/t20-,24+/m0/s1. The van der Waals surface area contributed by atoms with Crippen LogP contribution in [0.5, 0.6) is 0 Å². The number of amides is 4. The van der Waals surface area contributed by atoms with Gasteiger partial charge in [0, 0.05) is 6.92 Å². The second-order valence-corrected chi connectivity index (χ2v) is 7.87. The van der Waals surface area contributed by atoms with Gasteiger partial charge >= 0.3 is 12.0 Å². The summed E-state index contributed by atoms with van der Waals surface area (Å²) in [5.41, 5.74) is 0.361. The van der Waals surface area contributed by atoms with Gasteiger partial charge in [-0.15, -0.1) is 0 Å². The molecule has 4 amide bonds. The monoisotopic (exact) mass is 465 g/mol. The molecule has 2 atom stereocenters. The molecule has 1 saturated heterocycles. The molecule has 0 aromatic heterocycles. The van der Waals surface area contributed by atoms with Crippen LogP contribution in [0.4, 0.5) is 4.79 Å². The van der Waals surface area contributed by atoms with E-state index in [1.165, 1.54) is 13.1 Å². The third-order valence-corrected chi connectivity index (χ3v) is 5.56. The second kappa shape index (κ2) is 10.2. The Balaban J connectivity index is 2.02. The van der Waals surface area contributed by atoms with Gasteiger partial charge in [0.2, 0.25) is 5.91 Å². The predicted octanol–water partition coefficient (Wildman–Crippen LogP) is 2.20. The lowest BCUT2D eigenvalue weighted by atomic mass is 9.91. The molecule has 0 aliphatic carbocycles. The summed E-state index contributed by atoms with van der Waals surface area (Å²) in [6.45, 7) is 4.62. The third kappa shape index (κ3) is 4.75. The van der Waals surface area contributed by atoms with Crippen molar-refractivity contribution < 1.29 is 23.9 Å². The zero-order valence-electron chi connectivity index (χ0n) is 19.2. The Morgan fingerprint density at radius 3 is 2.38 bits per heavy atom. The molecule has 1 aliphatic rings. The van der Waals surface area contributed by atoms with Crippen molar-refractivity contribution in [2.75, 3.05) is 6.61 Å². The number of hydrazone groups is 1. The van der Waals surface area contributed by atoms with E-state index in [2.05, 4.69) is 10.4 Å². The average molecular weight is 466 g/mol. The van der Waals surface area contributed by atoms with E-state index in [-0.39, 0.29) is 13.0 Å². The number of urea groups is 1. The number of carbonyl (C=O) groups is 4. The summed E-state index contributed by atoms with van der Waals surface area (Å²) < 4.78 is 5.08. The van der Waals surface area contributed by atoms with Crippen molar-refractivity contribution in [3.63, 3.8) is 0 Å². The van der Waals surface area contributed by atoms with Gasteiger partial charge in [-0.3, -0.25) is 14.4 Å². The van der Waals surface area contributed by atoms with E-state index in [1.54, 1.807) is 68.4 Å². The zero-order chi connectivity index (χ0) is 24.9. The first-order valence-corrected chi connectivity index (χ1v) is 10.7. The van der Waals surface area contributed by atoms with Crippen molar-refractivity contribution in [2.24, 2.45) is 10.9 Å².